The van der Waals surface area contributed by atoms with E-state index in [-0.39, 0.29) is 0 Å². The largest absolute Gasteiger partial charge is 0.385 e. The van der Waals surface area contributed by atoms with Crippen molar-refractivity contribution in [3.05, 3.63) is 23.3 Å². The van der Waals surface area contributed by atoms with Gasteiger partial charge in [0, 0.05) is 24.8 Å². The SMILES string of the molecule is OC(c1ncc2c(n1)CNC2)C1CCCCC1. The molecule has 0 aromatic carbocycles. The Bertz CT molecular complexity index is 402. The molecule has 2 N–H and O–H groups in total. The second kappa shape index (κ2) is 4.70. The fourth-order valence-electron chi connectivity index (χ4n) is 2.88. The molecule has 1 aliphatic heterocycles. The summed E-state index contributed by atoms with van der Waals surface area (Å²) in [5.74, 6) is 0.982. The Morgan fingerprint density at radius 3 is 2.88 bits per heavy atom. The number of rotatable bonds is 2. The minimum atomic E-state index is -0.471. The van der Waals surface area contributed by atoms with E-state index >= 15 is 0 Å². The zero-order valence-corrected chi connectivity index (χ0v) is 10.0. The quantitative estimate of drug-likeness (QED) is 0.816. The number of nitrogens with one attached hydrogen (secondary N) is 1. The van der Waals surface area contributed by atoms with Crippen molar-refractivity contribution in [2.45, 2.75) is 51.3 Å². The molecular weight excluding hydrogens is 214 g/mol. The number of aliphatic hydroxyl groups excluding tert-OH is 1. The molecular formula is C13H19N3O. The maximum absolute atomic E-state index is 10.3. The molecule has 1 unspecified atom stereocenters. The van der Waals surface area contributed by atoms with Crippen molar-refractivity contribution >= 4 is 0 Å². The van der Waals surface area contributed by atoms with Crippen LogP contribution in [0.4, 0.5) is 0 Å². The first kappa shape index (κ1) is 11.1. The molecule has 2 aliphatic rings. The Morgan fingerprint density at radius 2 is 2.06 bits per heavy atom. The molecule has 0 bridgehead atoms. The predicted octanol–water partition coefficient (Wildman–Crippen LogP) is 1.69. The van der Waals surface area contributed by atoms with E-state index in [1.54, 1.807) is 0 Å². The number of hydrogen-bond donors (Lipinski definition) is 2. The third-order valence-electron chi connectivity index (χ3n) is 3.94. The summed E-state index contributed by atoms with van der Waals surface area (Å²) in [5.41, 5.74) is 2.23. The van der Waals surface area contributed by atoms with Gasteiger partial charge in [0.25, 0.3) is 0 Å². The molecule has 1 aromatic rings. The zero-order chi connectivity index (χ0) is 11.7. The van der Waals surface area contributed by atoms with Gasteiger partial charge in [-0.15, -0.1) is 0 Å². The van der Waals surface area contributed by atoms with Gasteiger partial charge in [-0.2, -0.15) is 0 Å². The highest BCUT2D eigenvalue weighted by Crippen LogP contribution is 2.33. The van der Waals surface area contributed by atoms with Gasteiger partial charge in [-0.3, -0.25) is 0 Å². The highest BCUT2D eigenvalue weighted by atomic mass is 16.3. The molecule has 1 atom stereocenters. The summed E-state index contributed by atoms with van der Waals surface area (Å²) in [4.78, 5) is 8.83. The number of nitrogens with zero attached hydrogens (tertiary/aromatic N) is 2. The zero-order valence-electron chi connectivity index (χ0n) is 10.0. The van der Waals surface area contributed by atoms with E-state index in [2.05, 4.69) is 15.3 Å². The van der Waals surface area contributed by atoms with Gasteiger partial charge in [0.15, 0.2) is 5.82 Å². The van der Waals surface area contributed by atoms with Crippen molar-refractivity contribution in [3.63, 3.8) is 0 Å². The summed E-state index contributed by atoms with van der Waals surface area (Å²) in [6.07, 6.45) is 7.38. The van der Waals surface area contributed by atoms with Crippen molar-refractivity contribution in [1.29, 1.82) is 0 Å². The third kappa shape index (κ3) is 2.19. The van der Waals surface area contributed by atoms with Crippen LogP contribution in [0.25, 0.3) is 0 Å². The van der Waals surface area contributed by atoms with Crippen LogP contribution in [0.2, 0.25) is 0 Å². The lowest BCUT2D eigenvalue weighted by Gasteiger charge is -2.25. The number of fused-ring (bicyclic) bond motifs is 1. The fourth-order valence-corrected chi connectivity index (χ4v) is 2.88. The normalized spacial score (nSPS) is 22.4. The molecule has 4 nitrogen and oxygen atoms in total. The van der Waals surface area contributed by atoms with Gasteiger partial charge in [0.1, 0.15) is 6.10 Å². The van der Waals surface area contributed by atoms with Crippen molar-refractivity contribution in [1.82, 2.24) is 15.3 Å². The van der Waals surface area contributed by atoms with E-state index in [0.29, 0.717) is 11.7 Å². The highest BCUT2D eigenvalue weighted by Gasteiger charge is 2.26. The van der Waals surface area contributed by atoms with Gasteiger partial charge in [0.2, 0.25) is 0 Å². The first-order valence-corrected chi connectivity index (χ1v) is 6.58. The van der Waals surface area contributed by atoms with Crippen molar-refractivity contribution in [2.24, 2.45) is 5.92 Å². The first-order chi connectivity index (χ1) is 8.34. The second-order valence-corrected chi connectivity index (χ2v) is 5.15. The molecule has 0 amide bonds. The van der Waals surface area contributed by atoms with Crippen LogP contribution in [0.5, 0.6) is 0 Å². The van der Waals surface area contributed by atoms with E-state index in [9.17, 15) is 5.11 Å². The summed E-state index contributed by atoms with van der Waals surface area (Å²) in [6, 6.07) is 0. The van der Waals surface area contributed by atoms with Crippen LogP contribution in [-0.4, -0.2) is 15.1 Å². The van der Waals surface area contributed by atoms with Crippen LogP contribution in [0, 0.1) is 5.92 Å². The smallest absolute Gasteiger partial charge is 0.157 e. The molecule has 1 aliphatic carbocycles. The summed E-state index contributed by atoms with van der Waals surface area (Å²) in [7, 11) is 0. The lowest BCUT2D eigenvalue weighted by molar-refractivity contribution is 0.0769. The van der Waals surface area contributed by atoms with E-state index in [0.717, 1.165) is 31.6 Å². The van der Waals surface area contributed by atoms with E-state index in [1.165, 1.54) is 24.8 Å². The number of hydrogen-bond acceptors (Lipinski definition) is 4. The molecule has 0 saturated heterocycles. The van der Waals surface area contributed by atoms with Crippen LogP contribution >= 0.6 is 0 Å². The van der Waals surface area contributed by atoms with Gasteiger partial charge in [-0.05, 0) is 18.8 Å². The molecule has 1 saturated carbocycles. The molecule has 17 heavy (non-hydrogen) atoms. The average molecular weight is 233 g/mol. The first-order valence-electron chi connectivity index (χ1n) is 6.58. The standard InChI is InChI=1S/C13H19N3O/c17-12(9-4-2-1-3-5-9)13-15-7-10-6-14-8-11(10)16-13/h7,9,12,14,17H,1-6,8H2. The molecule has 92 valence electrons. The Labute approximate surface area is 101 Å². The summed E-state index contributed by atoms with van der Waals surface area (Å²) in [6.45, 7) is 1.66. The molecule has 0 spiro atoms. The Morgan fingerprint density at radius 1 is 1.24 bits per heavy atom. The van der Waals surface area contributed by atoms with Crippen LogP contribution in [0.15, 0.2) is 6.20 Å². The van der Waals surface area contributed by atoms with Crippen molar-refractivity contribution in [3.8, 4) is 0 Å². The van der Waals surface area contributed by atoms with Crippen molar-refractivity contribution < 1.29 is 5.11 Å². The number of aromatic nitrogens is 2. The lowest BCUT2D eigenvalue weighted by atomic mass is 9.85. The minimum Gasteiger partial charge on any atom is -0.385 e. The maximum atomic E-state index is 10.3. The lowest BCUT2D eigenvalue weighted by Crippen LogP contribution is -2.18. The van der Waals surface area contributed by atoms with E-state index in [1.807, 2.05) is 6.20 Å². The second-order valence-electron chi connectivity index (χ2n) is 5.15. The maximum Gasteiger partial charge on any atom is 0.157 e. The summed E-state index contributed by atoms with van der Waals surface area (Å²) < 4.78 is 0. The molecule has 3 rings (SSSR count). The van der Waals surface area contributed by atoms with Gasteiger partial charge in [-0.25, -0.2) is 9.97 Å². The molecule has 4 heteroatoms. The van der Waals surface area contributed by atoms with Crippen LogP contribution in [0.3, 0.4) is 0 Å². The van der Waals surface area contributed by atoms with Gasteiger partial charge >= 0.3 is 0 Å². The summed E-state index contributed by atoms with van der Waals surface area (Å²) >= 11 is 0. The highest BCUT2D eigenvalue weighted by molar-refractivity contribution is 5.21. The van der Waals surface area contributed by atoms with Crippen molar-refractivity contribution in [2.75, 3.05) is 0 Å². The van der Waals surface area contributed by atoms with Crippen LogP contribution in [0.1, 0.15) is 55.3 Å². The number of aliphatic hydroxyl groups is 1. The van der Waals surface area contributed by atoms with Crippen LogP contribution in [-0.2, 0) is 13.1 Å². The average Bonchev–Trinajstić information content (AvgIpc) is 2.86. The van der Waals surface area contributed by atoms with Crippen LogP contribution < -0.4 is 5.32 Å². The Kier molecular flexibility index (Phi) is 3.07. The molecule has 0 radical (unpaired) electrons. The Balaban J connectivity index is 1.78. The summed E-state index contributed by atoms with van der Waals surface area (Å²) in [5, 5.41) is 13.6. The van der Waals surface area contributed by atoms with Gasteiger partial charge in [-0.1, -0.05) is 19.3 Å². The fraction of sp³-hybridized carbons (Fsp3) is 0.692. The Hall–Kier alpha value is -1.00. The topological polar surface area (TPSA) is 58.0 Å². The van der Waals surface area contributed by atoms with E-state index in [4.69, 9.17) is 0 Å². The van der Waals surface area contributed by atoms with E-state index < -0.39 is 6.10 Å². The molecule has 2 heterocycles. The molecule has 1 fully saturated rings. The minimum absolute atomic E-state index is 0.358. The third-order valence-corrected chi connectivity index (χ3v) is 3.94. The molecule has 1 aromatic heterocycles. The predicted molar refractivity (Wildman–Crippen MR) is 64.1 cm³/mol. The van der Waals surface area contributed by atoms with Gasteiger partial charge in [0.05, 0.1) is 5.69 Å². The van der Waals surface area contributed by atoms with Gasteiger partial charge < -0.3 is 10.4 Å². The monoisotopic (exact) mass is 233 g/mol.